The molecule has 0 amide bonds. The molecule has 0 fully saturated rings. The first-order chi connectivity index (χ1) is 4.30. The van der Waals surface area contributed by atoms with Crippen LogP contribution in [0.4, 0.5) is 0 Å². The van der Waals surface area contributed by atoms with E-state index in [4.69, 9.17) is 5.11 Å². The van der Waals surface area contributed by atoms with Crippen molar-refractivity contribution in [2.45, 2.75) is 6.42 Å². The number of hydrogen-bond acceptors (Lipinski definition) is 2. The third-order valence-corrected chi connectivity index (χ3v) is 1.36. The van der Waals surface area contributed by atoms with Crippen LogP contribution in [-0.4, -0.2) is 17.6 Å². The van der Waals surface area contributed by atoms with Crippen molar-refractivity contribution in [3.63, 3.8) is 0 Å². The fraction of sp³-hybridized carbons (Fsp3) is 0.500. The van der Waals surface area contributed by atoms with Crippen LogP contribution in [0.3, 0.4) is 0 Å². The number of hydrogen-bond donors (Lipinski definition) is 2. The Morgan fingerprint density at radius 2 is 2.56 bits per heavy atom. The first-order valence-electron chi connectivity index (χ1n) is 2.93. The Morgan fingerprint density at radius 1 is 1.78 bits per heavy atom. The Morgan fingerprint density at radius 3 is 2.89 bits per heavy atom. The highest BCUT2D eigenvalue weighted by atomic mass is 16.4. The summed E-state index contributed by atoms with van der Waals surface area (Å²) in [6, 6.07) is 0. The van der Waals surface area contributed by atoms with Crippen LogP contribution in [0.5, 0.6) is 0 Å². The van der Waals surface area contributed by atoms with Crippen LogP contribution in [0.15, 0.2) is 12.3 Å². The lowest BCUT2D eigenvalue weighted by Gasteiger charge is -2.11. The van der Waals surface area contributed by atoms with Gasteiger partial charge in [-0.25, -0.2) is 0 Å². The van der Waals surface area contributed by atoms with Gasteiger partial charge >= 0.3 is 5.97 Å². The molecule has 0 spiro atoms. The van der Waals surface area contributed by atoms with E-state index in [0.29, 0.717) is 6.42 Å². The molecule has 1 aliphatic heterocycles. The quantitative estimate of drug-likeness (QED) is 0.528. The lowest BCUT2D eigenvalue weighted by atomic mass is 10.0. The molecule has 2 N–H and O–H groups in total. The van der Waals surface area contributed by atoms with Crippen molar-refractivity contribution in [1.29, 1.82) is 0 Å². The zero-order chi connectivity index (χ0) is 6.69. The summed E-state index contributed by atoms with van der Waals surface area (Å²) in [5.41, 5.74) is 0. The van der Waals surface area contributed by atoms with Gasteiger partial charge in [-0.2, -0.15) is 0 Å². The van der Waals surface area contributed by atoms with Crippen LogP contribution in [0, 0.1) is 5.92 Å². The molecule has 1 heterocycles. The Kier molecular flexibility index (Phi) is 1.72. The minimum absolute atomic E-state index is 0.272. The van der Waals surface area contributed by atoms with Crippen LogP contribution in [0.25, 0.3) is 0 Å². The van der Waals surface area contributed by atoms with Gasteiger partial charge in [-0.15, -0.1) is 0 Å². The summed E-state index contributed by atoms with van der Waals surface area (Å²) in [6.45, 7) is 0.771. The van der Waals surface area contributed by atoms with E-state index in [1.165, 1.54) is 0 Å². The molecule has 0 aliphatic carbocycles. The van der Waals surface area contributed by atoms with E-state index in [0.717, 1.165) is 6.54 Å². The summed E-state index contributed by atoms with van der Waals surface area (Å²) in [6.07, 6.45) is 4.07. The van der Waals surface area contributed by atoms with Crippen molar-refractivity contribution >= 4 is 5.97 Å². The van der Waals surface area contributed by atoms with Crippen LogP contribution in [-0.2, 0) is 4.79 Å². The topological polar surface area (TPSA) is 49.3 Å². The highest BCUT2D eigenvalue weighted by molar-refractivity contribution is 5.72. The van der Waals surface area contributed by atoms with E-state index in [1.54, 1.807) is 12.3 Å². The second kappa shape index (κ2) is 2.53. The first-order valence-corrected chi connectivity index (χ1v) is 2.93. The van der Waals surface area contributed by atoms with E-state index in [-0.39, 0.29) is 5.92 Å². The standard InChI is InChI=1S/C6H9NO2/c8-6(9)5-1-3-7-4-2-5/h1,3,5,7H,2,4H2,(H,8,9). The number of carboxylic acid groups (broad SMARTS) is 1. The van der Waals surface area contributed by atoms with Gasteiger partial charge in [0.05, 0.1) is 5.92 Å². The van der Waals surface area contributed by atoms with Gasteiger partial charge in [0.2, 0.25) is 0 Å². The molecule has 3 heteroatoms. The number of rotatable bonds is 1. The molecule has 50 valence electrons. The molecule has 0 aromatic carbocycles. The molecular formula is C6H9NO2. The van der Waals surface area contributed by atoms with Gasteiger partial charge < -0.3 is 10.4 Å². The lowest BCUT2D eigenvalue weighted by Crippen LogP contribution is -2.22. The number of aliphatic carboxylic acids is 1. The highest BCUT2D eigenvalue weighted by Gasteiger charge is 2.14. The zero-order valence-electron chi connectivity index (χ0n) is 5.00. The summed E-state index contributed by atoms with van der Waals surface area (Å²) in [5, 5.41) is 11.4. The average Bonchev–Trinajstić information content (AvgIpc) is 1.90. The van der Waals surface area contributed by atoms with Crippen LogP contribution < -0.4 is 5.32 Å². The van der Waals surface area contributed by atoms with Crippen LogP contribution >= 0.6 is 0 Å². The van der Waals surface area contributed by atoms with Gasteiger partial charge in [-0.3, -0.25) is 4.79 Å². The molecule has 3 nitrogen and oxygen atoms in total. The molecule has 0 aromatic rings. The van der Waals surface area contributed by atoms with Crippen LogP contribution in [0.1, 0.15) is 6.42 Å². The molecule has 1 unspecified atom stereocenters. The maximum Gasteiger partial charge on any atom is 0.310 e. The minimum Gasteiger partial charge on any atom is -0.481 e. The molecule has 0 saturated heterocycles. The molecule has 0 aromatic heterocycles. The largest absolute Gasteiger partial charge is 0.481 e. The normalized spacial score (nSPS) is 25.1. The monoisotopic (exact) mass is 127 g/mol. The van der Waals surface area contributed by atoms with Gasteiger partial charge in [0.1, 0.15) is 0 Å². The molecular weight excluding hydrogens is 118 g/mol. The maximum absolute atomic E-state index is 10.3. The lowest BCUT2D eigenvalue weighted by molar-refractivity contribution is -0.140. The van der Waals surface area contributed by atoms with Gasteiger partial charge in [0.15, 0.2) is 0 Å². The Hall–Kier alpha value is -0.990. The molecule has 1 atom stereocenters. The average molecular weight is 127 g/mol. The van der Waals surface area contributed by atoms with E-state index < -0.39 is 5.97 Å². The predicted molar refractivity (Wildman–Crippen MR) is 32.9 cm³/mol. The SMILES string of the molecule is O=C(O)C1C=CNCC1. The molecule has 1 rings (SSSR count). The van der Waals surface area contributed by atoms with Crippen molar-refractivity contribution in [3.05, 3.63) is 12.3 Å². The smallest absolute Gasteiger partial charge is 0.310 e. The van der Waals surface area contributed by atoms with Crippen molar-refractivity contribution in [3.8, 4) is 0 Å². The van der Waals surface area contributed by atoms with Crippen molar-refractivity contribution in [2.75, 3.05) is 6.54 Å². The van der Waals surface area contributed by atoms with Crippen molar-refractivity contribution in [1.82, 2.24) is 5.32 Å². The summed E-state index contributed by atoms with van der Waals surface area (Å²) >= 11 is 0. The third-order valence-electron chi connectivity index (χ3n) is 1.36. The van der Waals surface area contributed by atoms with Crippen molar-refractivity contribution < 1.29 is 9.90 Å². The van der Waals surface area contributed by atoms with E-state index in [1.807, 2.05) is 0 Å². The third kappa shape index (κ3) is 1.45. The van der Waals surface area contributed by atoms with Gasteiger partial charge in [0.25, 0.3) is 0 Å². The van der Waals surface area contributed by atoms with Gasteiger partial charge in [0, 0.05) is 6.54 Å². The summed E-state index contributed by atoms with van der Waals surface area (Å²) in [7, 11) is 0. The predicted octanol–water partition coefficient (Wildman–Crippen LogP) is 0.194. The molecule has 1 aliphatic rings. The van der Waals surface area contributed by atoms with E-state index >= 15 is 0 Å². The van der Waals surface area contributed by atoms with E-state index in [9.17, 15) is 4.79 Å². The first kappa shape index (κ1) is 6.13. The fourth-order valence-corrected chi connectivity index (χ4v) is 0.808. The van der Waals surface area contributed by atoms with E-state index in [2.05, 4.69) is 5.32 Å². The Bertz CT molecular complexity index is 142. The van der Waals surface area contributed by atoms with Crippen molar-refractivity contribution in [2.24, 2.45) is 5.92 Å². The molecule has 0 bridgehead atoms. The number of nitrogens with one attached hydrogen (secondary N) is 1. The Balaban J connectivity index is 2.50. The second-order valence-corrected chi connectivity index (χ2v) is 2.05. The second-order valence-electron chi connectivity index (χ2n) is 2.05. The van der Waals surface area contributed by atoms with Crippen LogP contribution in [0.2, 0.25) is 0 Å². The molecule has 9 heavy (non-hydrogen) atoms. The number of carboxylic acids is 1. The van der Waals surface area contributed by atoms with Gasteiger partial charge in [-0.1, -0.05) is 6.08 Å². The zero-order valence-corrected chi connectivity index (χ0v) is 5.00. The Labute approximate surface area is 53.4 Å². The molecule has 0 saturated carbocycles. The van der Waals surface area contributed by atoms with Gasteiger partial charge in [-0.05, 0) is 12.6 Å². The summed E-state index contributed by atoms with van der Waals surface area (Å²) < 4.78 is 0. The summed E-state index contributed by atoms with van der Waals surface area (Å²) in [4.78, 5) is 10.3. The fourth-order valence-electron chi connectivity index (χ4n) is 0.808. The highest BCUT2D eigenvalue weighted by Crippen LogP contribution is 2.06. The summed E-state index contributed by atoms with van der Waals surface area (Å²) in [5.74, 6) is -1.00. The minimum atomic E-state index is -0.729. The number of carbonyl (C=O) groups is 1. The maximum atomic E-state index is 10.3. The molecule has 0 radical (unpaired) electrons.